The fourth-order valence-electron chi connectivity index (χ4n) is 2.64. The van der Waals surface area contributed by atoms with Crippen molar-refractivity contribution in [3.8, 4) is 11.5 Å². The maximum Gasteiger partial charge on any atom is 0.250 e. The SMILES string of the molecule is O=C(C=Cc1ccc2c(c1)OCO2)Nc1nnc(SCC(=O)NCc2ccc(F)cc2)s1. The summed E-state index contributed by atoms with van der Waals surface area (Å²) in [4.78, 5) is 24.1. The minimum absolute atomic E-state index is 0.147. The first-order valence-electron chi connectivity index (χ1n) is 9.41. The van der Waals surface area contributed by atoms with Gasteiger partial charge in [-0.2, -0.15) is 0 Å². The summed E-state index contributed by atoms with van der Waals surface area (Å²) < 4.78 is 24.0. The Balaban J connectivity index is 1.21. The lowest BCUT2D eigenvalue weighted by Crippen LogP contribution is -2.24. The van der Waals surface area contributed by atoms with Crippen molar-refractivity contribution < 1.29 is 23.5 Å². The number of thioether (sulfide) groups is 1. The molecule has 164 valence electrons. The highest BCUT2D eigenvalue weighted by molar-refractivity contribution is 8.01. The number of carbonyl (C=O) groups is 2. The first-order chi connectivity index (χ1) is 15.5. The number of nitrogens with zero attached hydrogens (tertiary/aromatic N) is 2. The molecule has 11 heteroatoms. The second kappa shape index (κ2) is 10.2. The van der Waals surface area contributed by atoms with Crippen LogP contribution in [0.25, 0.3) is 6.08 Å². The first-order valence-corrected chi connectivity index (χ1v) is 11.2. The molecule has 2 N–H and O–H groups in total. The Morgan fingerprint density at radius 1 is 1.12 bits per heavy atom. The Morgan fingerprint density at radius 2 is 1.94 bits per heavy atom. The van der Waals surface area contributed by atoms with E-state index in [1.54, 1.807) is 30.3 Å². The van der Waals surface area contributed by atoms with Gasteiger partial charge < -0.3 is 14.8 Å². The molecule has 0 unspecified atom stereocenters. The van der Waals surface area contributed by atoms with Gasteiger partial charge in [0, 0.05) is 12.6 Å². The smallest absolute Gasteiger partial charge is 0.250 e. The minimum atomic E-state index is -0.354. The molecular weight excluding hydrogens is 455 g/mol. The molecule has 0 fully saturated rings. The zero-order valence-corrected chi connectivity index (χ0v) is 18.2. The van der Waals surface area contributed by atoms with Crippen molar-refractivity contribution in [2.75, 3.05) is 17.9 Å². The Bertz CT molecular complexity index is 1150. The number of benzene rings is 2. The summed E-state index contributed by atoms with van der Waals surface area (Å²) in [6, 6.07) is 11.3. The number of fused-ring (bicyclic) bond motifs is 1. The third kappa shape index (κ3) is 6.05. The molecule has 2 amide bonds. The Morgan fingerprint density at radius 3 is 2.78 bits per heavy atom. The van der Waals surface area contributed by atoms with Crippen LogP contribution in [0.15, 0.2) is 52.9 Å². The fraction of sp³-hybridized carbons (Fsp3) is 0.143. The molecule has 2 aromatic carbocycles. The largest absolute Gasteiger partial charge is 0.454 e. The van der Waals surface area contributed by atoms with E-state index in [-0.39, 0.29) is 30.2 Å². The minimum Gasteiger partial charge on any atom is -0.454 e. The molecule has 1 aliphatic heterocycles. The molecule has 0 spiro atoms. The predicted molar refractivity (Wildman–Crippen MR) is 119 cm³/mol. The van der Waals surface area contributed by atoms with Gasteiger partial charge in [-0.05, 0) is 41.5 Å². The third-order valence-corrected chi connectivity index (χ3v) is 6.16. The van der Waals surface area contributed by atoms with Gasteiger partial charge in [-0.1, -0.05) is 41.3 Å². The molecule has 0 radical (unpaired) electrons. The third-order valence-electron chi connectivity index (χ3n) is 4.19. The van der Waals surface area contributed by atoms with Crippen LogP contribution >= 0.6 is 23.1 Å². The molecule has 0 saturated heterocycles. The van der Waals surface area contributed by atoms with Crippen LogP contribution in [0.1, 0.15) is 11.1 Å². The second-order valence-electron chi connectivity index (χ2n) is 6.50. The van der Waals surface area contributed by atoms with Crippen LogP contribution in [-0.4, -0.2) is 34.6 Å². The summed E-state index contributed by atoms with van der Waals surface area (Å²) in [6.45, 7) is 0.503. The molecule has 3 aromatic rings. The molecule has 0 saturated carbocycles. The Labute approximate surface area is 190 Å². The zero-order chi connectivity index (χ0) is 22.3. The average Bonchev–Trinajstić information content (AvgIpc) is 3.44. The van der Waals surface area contributed by atoms with Crippen LogP contribution in [0.5, 0.6) is 11.5 Å². The summed E-state index contributed by atoms with van der Waals surface area (Å²) in [5.41, 5.74) is 1.60. The number of carbonyl (C=O) groups excluding carboxylic acids is 2. The summed E-state index contributed by atoms with van der Waals surface area (Å²) >= 11 is 2.39. The lowest BCUT2D eigenvalue weighted by Gasteiger charge is -2.04. The van der Waals surface area contributed by atoms with Gasteiger partial charge in [0.1, 0.15) is 5.82 Å². The van der Waals surface area contributed by atoms with Gasteiger partial charge in [0.05, 0.1) is 5.75 Å². The number of halogens is 1. The number of anilines is 1. The Kier molecular flexibility index (Phi) is 6.97. The quantitative estimate of drug-likeness (QED) is 0.294. The summed E-state index contributed by atoms with van der Waals surface area (Å²) in [7, 11) is 0. The van der Waals surface area contributed by atoms with Gasteiger partial charge in [0.25, 0.3) is 0 Å². The van der Waals surface area contributed by atoms with Crippen LogP contribution in [0.3, 0.4) is 0 Å². The lowest BCUT2D eigenvalue weighted by molar-refractivity contribution is -0.118. The van der Waals surface area contributed by atoms with Crippen LogP contribution in [0.2, 0.25) is 0 Å². The van der Waals surface area contributed by atoms with E-state index in [4.69, 9.17) is 9.47 Å². The predicted octanol–water partition coefficient (Wildman–Crippen LogP) is 3.47. The first kappa shape index (κ1) is 21.8. The van der Waals surface area contributed by atoms with E-state index >= 15 is 0 Å². The fourth-order valence-corrected chi connectivity index (χ4v) is 4.22. The highest BCUT2D eigenvalue weighted by Crippen LogP contribution is 2.32. The molecule has 1 aromatic heterocycles. The maximum atomic E-state index is 12.9. The van der Waals surface area contributed by atoms with Crippen LogP contribution in [0.4, 0.5) is 9.52 Å². The topological polar surface area (TPSA) is 102 Å². The van der Waals surface area contributed by atoms with Crippen molar-refractivity contribution in [2.45, 2.75) is 10.9 Å². The Hall–Kier alpha value is -3.44. The number of nitrogens with one attached hydrogen (secondary N) is 2. The number of aromatic nitrogens is 2. The summed E-state index contributed by atoms with van der Waals surface area (Å²) in [5.74, 6) is 0.598. The van der Waals surface area contributed by atoms with Gasteiger partial charge in [0.15, 0.2) is 15.8 Å². The molecule has 0 bridgehead atoms. The molecule has 0 atom stereocenters. The van der Waals surface area contributed by atoms with E-state index in [1.807, 2.05) is 6.07 Å². The van der Waals surface area contributed by atoms with E-state index in [0.717, 1.165) is 11.1 Å². The molecule has 0 aliphatic carbocycles. The van der Waals surface area contributed by atoms with Crippen LogP contribution < -0.4 is 20.1 Å². The molecule has 32 heavy (non-hydrogen) atoms. The van der Waals surface area contributed by atoms with Crippen LogP contribution in [-0.2, 0) is 16.1 Å². The molecule has 8 nitrogen and oxygen atoms in total. The standard InChI is InChI=1S/C21H17FN4O4S2/c22-15-5-1-14(2-6-15)10-23-19(28)11-31-21-26-25-20(32-21)24-18(27)8-4-13-3-7-16-17(9-13)30-12-29-16/h1-9H,10-12H2,(H,23,28)(H,24,25,27). The highest BCUT2D eigenvalue weighted by Gasteiger charge is 2.13. The van der Waals surface area contributed by atoms with Crippen molar-refractivity contribution in [1.29, 1.82) is 0 Å². The number of ether oxygens (including phenoxy) is 2. The summed E-state index contributed by atoms with van der Waals surface area (Å²) in [6.07, 6.45) is 3.04. The van der Waals surface area contributed by atoms with Gasteiger partial charge in [-0.3, -0.25) is 14.9 Å². The molecule has 2 heterocycles. The van der Waals surface area contributed by atoms with Crippen molar-refractivity contribution in [2.24, 2.45) is 0 Å². The number of rotatable bonds is 8. The van der Waals surface area contributed by atoms with E-state index in [2.05, 4.69) is 20.8 Å². The number of hydrogen-bond donors (Lipinski definition) is 2. The monoisotopic (exact) mass is 472 g/mol. The van der Waals surface area contributed by atoms with Gasteiger partial charge in [0.2, 0.25) is 23.7 Å². The van der Waals surface area contributed by atoms with Crippen molar-refractivity contribution >= 4 is 46.1 Å². The maximum absolute atomic E-state index is 12.9. The molecule has 1 aliphatic rings. The average molecular weight is 473 g/mol. The van der Waals surface area contributed by atoms with E-state index in [0.29, 0.717) is 27.5 Å². The van der Waals surface area contributed by atoms with E-state index < -0.39 is 0 Å². The normalized spacial score (nSPS) is 12.2. The van der Waals surface area contributed by atoms with Gasteiger partial charge in [-0.15, -0.1) is 10.2 Å². The van der Waals surface area contributed by atoms with Crippen LogP contribution in [0, 0.1) is 5.82 Å². The summed E-state index contributed by atoms with van der Waals surface area (Å²) in [5, 5.41) is 13.6. The zero-order valence-electron chi connectivity index (χ0n) is 16.5. The molecule has 4 rings (SSSR count). The van der Waals surface area contributed by atoms with Crippen molar-refractivity contribution in [1.82, 2.24) is 15.5 Å². The lowest BCUT2D eigenvalue weighted by atomic mass is 10.2. The van der Waals surface area contributed by atoms with E-state index in [9.17, 15) is 14.0 Å². The van der Waals surface area contributed by atoms with Gasteiger partial charge >= 0.3 is 0 Å². The number of hydrogen-bond acceptors (Lipinski definition) is 8. The van der Waals surface area contributed by atoms with E-state index in [1.165, 1.54) is 41.3 Å². The van der Waals surface area contributed by atoms with Crippen molar-refractivity contribution in [3.05, 3.63) is 65.5 Å². The highest BCUT2D eigenvalue weighted by atomic mass is 32.2. The van der Waals surface area contributed by atoms with Gasteiger partial charge in [-0.25, -0.2) is 4.39 Å². The second-order valence-corrected chi connectivity index (χ2v) is 8.70. The molecular formula is C21H17FN4O4S2. The number of amides is 2. The van der Waals surface area contributed by atoms with Crippen molar-refractivity contribution in [3.63, 3.8) is 0 Å².